The van der Waals surface area contributed by atoms with Gasteiger partial charge >= 0.3 is 0 Å². The Hall–Kier alpha value is -3.51. The summed E-state index contributed by atoms with van der Waals surface area (Å²) in [6, 6.07) is 22.4. The van der Waals surface area contributed by atoms with Crippen molar-refractivity contribution in [2.24, 2.45) is 0 Å². The van der Waals surface area contributed by atoms with E-state index in [1.807, 2.05) is 0 Å². The van der Waals surface area contributed by atoms with Crippen molar-refractivity contribution in [1.29, 1.82) is 0 Å². The molecule has 3 aromatic carbocycles. The molecule has 1 aliphatic heterocycles. The van der Waals surface area contributed by atoms with E-state index in [0.717, 1.165) is 61.4 Å². The van der Waals surface area contributed by atoms with Gasteiger partial charge in [0.05, 0.1) is 10.6 Å². The van der Waals surface area contributed by atoms with Crippen molar-refractivity contribution in [3.8, 4) is 28.1 Å². The highest BCUT2D eigenvalue weighted by Gasteiger charge is 2.53. The van der Waals surface area contributed by atoms with Crippen LogP contribution >= 0.6 is 11.3 Å². The van der Waals surface area contributed by atoms with Gasteiger partial charge in [-0.1, -0.05) is 35.6 Å². The quantitative estimate of drug-likeness (QED) is 0.210. The zero-order valence-electron chi connectivity index (χ0n) is 24.6. The van der Waals surface area contributed by atoms with Crippen LogP contribution in [0.25, 0.3) is 22.4 Å². The number of para-hydroxylation sites is 1. The molecule has 208 valence electrons. The topological polar surface area (TPSA) is 31.8 Å². The van der Waals surface area contributed by atoms with Gasteiger partial charge in [-0.15, -0.1) is 0 Å². The van der Waals surface area contributed by atoms with Gasteiger partial charge in [0.1, 0.15) is 5.75 Å². The Bertz CT molecular complexity index is 1470. The molecule has 0 bridgehead atoms. The summed E-state index contributed by atoms with van der Waals surface area (Å²) in [6.07, 6.45) is 0. The average Bonchev–Trinajstić information content (AvgIpc) is 3.54. The minimum atomic E-state index is -0.735. The van der Waals surface area contributed by atoms with E-state index in [4.69, 9.17) is 9.72 Å². The van der Waals surface area contributed by atoms with Crippen molar-refractivity contribution in [3.05, 3.63) is 76.7 Å². The number of hydrogen-bond acceptors (Lipinski definition) is 6. The first-order chi connectivity index (χ1) is 19.5. The summed E-state index contributed by atoms with van der Waals surface area (Å²) in [5.74, 6) is 0.894. The molecule has 0 fully saturated rings. The van der Waals surface area contributed by atoms with Gasteiger partial charge in [-0.05, 0) is 89.1 Å². The molecule has 5 nitrogen and oxygen atoms in total. The van der Waals surface area contributed by atoms with Crippen molar-refractivity contribution in [2.45, 2.75) is 47.1 Å². The van der Waals surface area contributed by atoms with Crippen LogP contribution < -0.4 is 19.4 Å². The third-order valence-electron chi connectivity index (χ3n) is 8.69. The Balaban J connectivity index is 1.66. The van der Waals surface area contributed by atoms with E-state index in [-0.39, 0.29) is 0 Å². The fourth-order valence-corrected chi connectivity index (χ4v) is 7.88. The largest absolute Gasteiger partial charge is 0.471 e. The fraction of sp³-hybridized carbons (Fsp3) is 0.382. The molecule has 0 unspecified atom stereocenters. The zero-order valence-corrected chi connectivity index (χ0v) is 25.4. The van der Waals surface area contributed by atoms with Crippen LogP contribution in [-0.2, 0) is 5.60 Å². The highest BCUT2D eigenvalue weighted by atomic mass is 32.1. The number of anilines is 3. The van der Waals surface area contributed by atoms with Crippen LogP contribution in [0.15, 0.2) is 60.7 Å². The third-order valence-corrected chi connectivity index (χ3v) is 9.90. The van der Waals surface area contributed by atoms with Crippen LogP contribution in [0, 0.1) is 0 Å². The maximum atomic E-state index is 7.25. The Morgan fingerprint density at radius 2 is 1.18 bits per heavy atom. The molecule has 6 rings (SSSR count). The van der Waals surface area contributed by atoms with Crippen LogP contribution in [0.1, 0.15) is 57.5 Å². The monoisotopic (exact) mass is 552 g/mol. The van der Waals surface area contributed by atoms with Gasteiger partial charge in [0.2, 0.25) is 0 Å². The van der Waals surface area contributed by atoms with Crippen molar-refractivity contribution in [1.82, 2.24) is 4.98 Å². The number of nitrogens with zero attached hydrogens (tertiary/aromatic N) is 4. The van der Waals surface area contributed by atoms with E-state index in [9.17, 15) is 0 Å². The second kappa shape index (κ2) is 10.5. The molecule has 0 saturated heterocycles. The first-order valence-corrected chi connectivity index (χ1v) is 15.7. The van der Waals surface area contributed by atoms with Crippen molar-refractivity contribution in [2.75, 3.05) is 54.0 Å². The molecule has 2 heterocycles. The molecule has 0 atom stereocenters. The normalized spacial score (nSPS) is 13.8. The van der Waals surface area contributed by atoms with Gasteiger partial charge in [0.15, 0.2) is 10.7 Å². The smallest absolute Gasteiger partial charge is 0.197 e. The number of aromatic nitrogens is 1. The molecule has 4 aromatic rings. The Morgan fingerprint density at radius 3 is 1.70 bits per heavy atom. The lowest BCUT2D eigenvalue weighted by molar-refractivity contribution is 0.161. The van der Waals surface area contributed by atoms with Crippen molar-refractivity contribution >= 4 is 27.8 Å². The van der Waals surface area contributed by atoms with Crippen LogP contribution in [0.4, 0.5) is 16.5 Å². The van der Waals surface area contributed by atoms with E-state index in [0.29, 0.717) is 0 Å². The average molecular weight is 553 g/mol. The Kier molecular flexibility index (Phi) is 6.99. The summed E-state index contributed by atoms with van der Waals surface area (Å²) in [6.45, 7) is 19.1. The van der Waals surface area contributed by atoms with E-state index >= 15 is 0 Å². The van der Waals surface area contributed by atoms with E-state index in [2.05, 4.69) is 117 Å². The Labute approximate surface area is 243 Å². The molecule has 0 amide bonds. The molecule has 2 aliphatic rings. The van der Waals surface area contributed by atoms with Gasteiger partial charge in [0, 0.05) is 67.3 Å². The summed E-state index contributed by atoms with van der Waals surface area (Å²) in [5.41, 5.74) is 8.84. The standard InChI is InChI=1S/C34H40N4OS/c1-7-36(8-2)23-17-19-28-26(21-23)27-22-24(37(9-3)10-4)18-20-29(27)34(28)32-31(25-15-13-14-16-30(25)39-34)35-33(40-32)38(11-5)12-6/h13-22H,7-12H2,1-6H3. The highest BCUT2D eigenvalue weighted by Crippen LogP contribution is 2.61. The molecule has 1 aliphatic carbocycles. The van der Waals surface area contributed by atoms with Gasteiger partial charge in [-0.25, -0.2) is 4.98 Å². The van der Waals surface area contributed by atoms with Crippen LogP contribution in [-0.4, -0.2) is 44.3 Å². The second-order valence-electron chi connectivity index (χ2n) is 10.4. The van der Waals surface area contributed by atoms with Crippen molar-refractivity contribution < 1.29 is 4.74 Å². The molecule has 0 saturated carbocycles. The van der Waals surface area contributed by atoms with Gasteiger partial charge in [0.25, 0.3) is 0 Å². The highest BCUT2D eigenvalue weighted by molar-refractivity contribution is 7.16. The molecular formula is C34H40N4OS. The second-order valence-corrected chi connectivity index (χ2v) is 11.4. The lowest BCUT2D eigenvalue weighted by Crippen LogP contribution is -2.36. The number of hydrogen-bond donors (Lipinski definition) is 0. The van der Waals surface area contributed by atoms with E-state index in [1.54, 1.807) is 11.3 Å². The predicted molar refractivity (Wildman–Crippen MR) is 171 cm³/mol. The van der Waals surface area contributed by atoms with E-state index < -0.39 is 5.60 Å². The molecule has 1 spiro atoms. The molecule has 1 aromatic heterocycles. The number of rotatable bonds is 9. The van der Waals surface area contributed by atoms with Crippen LogP contribution in [0.5, 0.6) is 5.75 Å². The van der Waals surface area contributed by atoms with Gasteiger partial charge in [-0.3, -0.25) is 0 Å². The summed E-state index contributed by atoms with van der Waals surface area (Å²) in [7, 11) is 0. The third kappa shape index (κ3) is 3.83. The molecule has 0 radical (unpaired) electrons. The number of benzene rings is 3. The van der Waals surface area contributed by atoms with Crippen LogP contribution in [0.2, 0.25) is 0 Å². The minimum absolute atomic E-state index is 0.735. The SMILES string of the molecule is CCN(CC)c1ccc2c(c1)-c1cc(N(CC)CC)ccc1C21Oc2ccccc2-c2nc(N(CC)CC)sc21. The molecular weight excluding hydrogens is 512 g/mol. The maximum Gasteiger partial charge on any atom is 0.197 e. The predicted octanol–water partition coefficient (Wildman–Crippen LogP) is 8.01. The minimum Gasteiger partial charge on any atom is -0.471 e. The molecule has 6 heteroatoms. The van der Waals surface area contributed by atoms with E-state index in [1.165, 1.54) is 38.5 Å². The zero-order chi connectivity index (χ0) is 28.0. The molecule has 40 heavy (non-hydrogen) atoms. The summed E-state index contributed by atoms with van der Waals surface area (Å²) in [4.78, 5) is 13.7. The number of fused-ring (bicyclic) bond motifs is 9. The molecule has 0 N–H and O–H groups in total. The summed E-state index contributed by atoms with van der Waals surface area (Å²) < 4.78 is 7.25. The van der Waals surface area contributed by atoms with Gasteiger partial charge < -0.3 is 19.4 Å². The lowest BCUT2D eigenvalue weighted by Gasteiger charge is -2.37. The summed E-state index contributed by atoms with van der Waals surface area (Å²) in [5, 5.41) is 1.06. The first-order valence-electron chi connectivity index (χ1n) is 14.9. The number of thiazole rings is 1. The maximum absolute atomic E-state index is 7.25. The number of ether oxygens (including phenoxy) is 1. The fourth-order valence-electron chi connectivity index (χ4n) is 6.52. The van der Waals surface area contributed by atoms with Gasteiger partial charge in [-0.2, -0.15) is 0 Å². The lowest BCUT2D eigenvalue weighted by atomic mass is 9.85. The van der Waals surface area contributed by atoms with Crippen molar-refractivity contribution in [3.63, 3.8) is 0 Å². The van der Waals surface area contributed by atoms with Crippen LogP contribution in [0.3, 0.4) is 0 Å². The first kappa shape index (κ1) is 26.7. The summed E-state index contributed by atoms with van der Waals surface area (Å²) >= 11 is 1.79. The Morgan fingerprint density at radius 1 is 0.650 bits per heavy atom.